The highest BCUT2D eigenvalue weighted by molar-refractivity contribution is 8.00. The second kappa shape index (κ2) is 11.5. The molecule has 9 heteroatoms. The second-order valence-electron chi connectivity index (χ2n) is 7.87. The smallest absolute Gasteiger partial charge is 0.258 e. The number of anilines is 2. The van der Waals surface area contributed by atoms with Gasteiger partial charge in [-0.15, -0.1) is 34.4 Å². The lowest BCUT2D eigenvalue weighted by molar-refractivity contribution is -0.115. The molecule has 0 radical (unpaired) electrons. The maximum Gasteiger partial charge on any atom is 0.258 e. The van der Waals surface area contributed by atoms with Gasteiger partial charge in [-0.3, -0.25) is 9.59 Å². The van der Waals surface area contributed by atoms with E-state index in [1.54, 1.807) is 35.6 Å². The molecule has 0 aliphatic rings. The maximum atomic E-state index is 14.0. The number of nitrogens with zero attached hydrogens (tertiary/aromatic N) is 1. The number of benzene rings is 3. The van der Waals surface area contributed by atoms with Crippen LogP contribution in [0.3, 0.4) is 0 Å². The molecule has 184 valence electrons. The zero-order valence-corrected chi connectivity index (χ0v) is 21.7. The second-order valence-corrected chi connectivity index (χ2v) is 10.9. The lowest BCUT2D eigenvalue weighted by Crippen LogP contribution is -2.19. The van der Waals surface area contributed by atoms with Crippen molar-refractivity contribution >= 4 is 57.1 Å². The summed E-state index contributed by atoms with van der Waals surface area (Å²) in [5, 5.41) is 9.57. The van der Waals surface area contributed by atoms with E-state index in [0.29, 0.717) is 10.8 Å². The quantitative estimate of drug-likeness (QED) is 0.196. The van der Waals surface area contributed by atoms with Crippen molar-refractivity contribution in [2.24, 2.45) is 0 Å². The lowest BCUT2D eigenvalue weighted by atomic mass is 10.1. The Hall–Kier alpha value is -3.79. The minimum atomic E-state index is -0.587. The van der Waals surface area contributed by atoms with Gasteiger partial charge in [-0.2, -0.15) is 0 Å². The zero-order valence-electron chi connectivity index (χ0n) is 19.3. The normalized spacial score (nSPS) is 11.6. The van der Waals surface area contributed by atoms with Crippen molar-refractivity contribution in [3.63, 3.8) is 0 Å². The van der Waals surface area contributed by atoms with Gasteiger partial charge in [0, 0.05) is 16.0 Å². The van der Waals surface area contributed by atoms with Crippen LogP contribution < -0.4 is 10.6 Å². The number of carbonyl (C=O) groups is 2. The first kappa shape index (κ1) is 24.9. The van der Waals surface area contributed by atoms with Crippen molar-refractivity contribution in [2.45, 2.75) is 10.1 Å². The summed E-state index contributed by atoms with van der Waals surface area (Å²) in [5.41, 5.74) is 2.14. The fourth-order valence-electron chi connectivity index (χ4n) is 3.57. The molecule has 0 aliphatic heterocycles. The van der Waals surface area contributed by atoms with Crippen molar-refractivity contribution in [3.05, 3.63) is 119 Å². The fourth-order valence-corrected chi connectivity index (χ4v) is 6.13. The van der Waals surface area contributed by atoms with Crippen LogP contribution in [0.5, 0.6) is 0 Å². The van der Waals surface area contributed by atoms with Gasteiger partial charge in [0.15, 0.2) is 5.13 Å². The molecule has 5 rings (SSSR count). The molecule has 0 saturated heterocycles. The van der Waals surface area contributed by atoms with Gasteiger partial charge in [-0.25, -0.2) is 9.37 Å². The van der Waals surface area contributed by atoms with E-state index < -0.39 is 17.0 Å². The number of thioether (sulfide) groups is 1. The first-order chi connectivity index (χ1) is 18.1. The predicted octanol–water partition coefficient (Wildman–Crippen LogP) is 7.74. The summed E-state index contributed by atoms with van der Waals surface area (Å²) in [6.45, 7) is 0. The van der Waals surface area contributed by atoms with E-state index in [1.807, 2.05) is 59.3 Å². The Morgan fingerprint density at radius 2 is 1.68 bits per heavy atom. The van der Waals surface area contributed by atoms with Crippen molar-refractivity contribution in [3.8, 4) is 10.6 Å². The summed E-state index contributed by atoms with van der Waals surface area (Å²) in [4.78, 5) is 32.4. The molecule has 3 aromatic carbocycles. The van der Waals surface area contributed by atoms with Crippen LogP contribution in [0, 0.1) is 5.82 Å². The monoisotopic (exact) mass is 545 g/mol. The van der Waals surface area contributed by atoms with Gasteiger partial charge in [0.1, 0.15) is 11.1 Å². The summed E-state index contributed by atoms with van der Waals surface area (Å²) < 4.78 is 14.0. The number of rotatable bonds is 8. The summed E-state index contributed by atoms with van der Waals surface area (Å²) in [5.74, 6) is -1.33. The van der Waals surface area contributed by atoms with Gasteiger partial charge in [0.25, 0.3) is 5.91 Å². The first-order valence-electron chi connectivity index (χ1n) is 11.2. The van der Waals surface area contributed by atoms with Gasteiger partial charge >= 0.3 is 0 Å². The van der Waals surface area contributed by atoms with Gasteiger partial charge in [-0.05, 0) is 47.3 Å². The molecule has 5 aromatic rings. The predicted molar refractivity (Wildman–Crippen MR) is 150 cm³/mol. The highest BCUT2D eigenvalue weighted by Crippen LogP contribution is 2.38. The first-order valence-corrected chi connectivity index (χ1v) is 13.9. The molecule has 0 aliphatic carbocycles. The van der Waals surface area contributed by atoms with Gasteiger partial charge in [0.05, 0.1) is 16.1 Å². The number of nitrogens with one attached hydrogen (secondary N) is 2. The molecule has 2 heterocycles. The number of amides is 2. The molecule has 0 fully saturated rings. The van der Waals surface area contributed by atoms with Crippen LogP contribution in [0.4, 0.5) is 15.2 Å². The molecule has 0 saturated carbocycles. The molecular formula is C28H20FN3O2S3. The van der Waals surface area contributed by atoms with Crippen molar-refractivity contribution in [2.75, 3.05) is 10.6 Å². The highest BCUT2D eigenvalue weighted by atomic mass is 32.2. The molecule has 2 aromatic heterocycles. The molecular weight excluding hydrogens is 526 g/mol. The number of halogens is 1. The van der Waals surface area contributed by atoms with Gasteiger partial charge in [-0.1, -0.05) is 54.6 Å². The average molecular weight is 546 g/mol. The number of thiazole rings is 1. The van der Waals surface area contributed by atoms with E-state index in [9.17, 15) is 14.0 Å². The molecule has 1 atom stereocenters. The fraction of sp³-hybridized carbons (Fsp3) is 0.0357. The number of aromatic nitrogens is 1. The summed E-state index contributed by atoms with van der Waals surface area (Å²) in [6.07, 6.45) is 0. The molecule has 5 nitrogen and oxygen atoms in total. The van der Waals surface area contributed by atoms with Crippen LogP contribution in [0.25, 0.3) is 10.6 Å². The largest absolute Gasteiger partial charge is 0.322 e. The van der Waals surface area contributed by atoms with E-state index >= 15 is 0 Å². The molecule has 0 spiro atoms. The Kier molecular flexibility index (Phi) is 7.74. The van der Waals surface area contributed by atoms with Crippen LogP contribution >= 0.6 is 34.4 Å². The molecule has 1 unspecified atom stereocenters. The molecule has 0 bridgehead atoms. The lowest BCUT2D eigenvalue weighted by Gasteiger charge is -2.17. The standard InChI is InChI=1S/C28H20FN3O2S3/c29-22-13-5-4-12-21(22)26(33)30-19-10-6-11-20(16-19)37-25(18-8-2-1-3-9-18)27(34)32-28-31-23(17-36-28)24-14-7-15-35-24/h1-17,25H,(H,30,33)(H,31,32,34). The summed E-state index contributed by atoms with van der Waals surface area (Å²) in [6, 6.07) is 26.4. The minimum Gasteiger partial charge on any atom is -0.322 e. The Balaban J connectivity index is 1.34. The third-order valence-corrected chi connectivity index (χ3v) is 8.21. The van der Waals surface area contributed by atoms with Crippen LogP contribution in [0.1, 0.15) is 21.2 Å². The van der Waals surface area contributed by atoms with E-state index in [4.69, 9.17) is 0 Å². The third-order valence-electron chi connectivity index (χ3n) is 5.31. The van der Waals surface area contributed by atoms with Crippen molar-refractivity contribution in [1.82, 2.24) is 4.98 Å². The van der Waals surface area contributed by atoms with E-state index in [1.165, 1.54) is 41.3 Å². The van der Waals surface area contributed by atoms with E-state index in [2.05, 4.69) is 15.6 Å². The summed E-state index contributed by atoms with van der Waals surface area (Å²) >= 11 is 4.33. The topological polar surface area (TPSA) is 71.1 Å². The van der Waals surface area contributed by atoms with Crippen molar-refractivity contribution < 1.29 is 14.0 Å². The Morgan fingerprint density at radius 1 is 0.865 bits per heavy atom. The molecule has 2 N–H and O–H groups in total. The number of hydrogen-bond acceptors (Lipinski definition) is 6. The minimum absolute atomic E-state index is 0.0348. The number of hydrogen-bond donors (Lipinski definition) is 2. The zero-order chi connectivity index (χ0) is 25.6. The highest BCUT2D eigenvalue weighted by Gasteiger charge is 2.23. The molecule has 37 heavy (non-hydrogen) atoms. The number of carbonyl (C=O) groups excluding carboxylic acids is 2. The van der Waals surface area contributed by atoms with Crippen LogP contribution in [0.2, 0.25) is 0 Å². The molecule has 2 amide bonds. The Morgan fingerprint density at radius 3 is 2.46 bits per heavy atom. The van der Waals surface area contributed by atoms with Gasteiger partial charge < -0.3 is 10.6 Å². The summed E-state index contributed by atoms with van der Waals surface area (Å²) in [7, 11) is 0. The Bertz CT molecular complexity index is 1520. The third kappa shape index (κ3) is 6.14. The van der Waals surface area contributed by atoms with Crippen LogP contribution in [-0.4, -0.2) is 16.8 Å². The maximum absolute atomic E-state index is 14.0. The van der Waals surface area contributed by atoms with E-state index in [-0.39, 0.29) is 11.5 Å². The SMILES string of the molecule is O=C(Nc1cccc(SC(C(=O)Nc2nc(-c3cccs3)cs2)c2ccccc2)c1)c1ccccc1F. The van der Waals surface area contributed by atoms with Crippen LogP contribution in [0.15, 0.2) is 107 Å². The van der Waals surface area contributed by atoms with E-state index in [0.717, 1.165) is 21.0 Å². The Labute approximate surface area is 225 Å². The van der Waals surface area contributed by atoms with Crippen molar-refractivity contribution in [1.29, 1.82) is 0 Å². The van der Waals surface area contributed by atoms with Gasteiger partial charge in [0.2, 0.25) is 5.91 Å². The average Bonchev–Trinajstić information content (AvgIpc) is 3.61. The number of thiophene rings is 1. The van der Waals surface area contributed by atoms with Crippen LogP contribution in [-0.2, 0) is 4.79 Å².